The van der Waals surface area contributed by atoms with Gasteiger partial charge < -0.3 is 15.5 Å². The summed E-state index contributed by atoms with van der Waals surface area (Å²) in [5.41, 5.74) is 1.03. The van der Waals surface area contributed by atoms with Crippen LogP contribution in [0.4, 0.5) is 11.8 Å². The van der Waals surface area contributed by atoms with Gasteiger partial charge in [0.1, 0.15) is 11.6 Å². The molecule has 0 bridgehead atoms. The van der Waals surface area contributed by atoms with Crippen LogP contribution in [0.2, 0.25) is 10.0 Å². The van der Waals surface area contributed by atoms with Gasteiger partial charge >= 0.3 is 0 Å². The van der Waals surface area contributed by atoms with Crippen LogP contribution in [0.25, 0.3) is 0 Å². The zero-order valence-electron chi connectivity index (χ0n) is 18.2. The molecule has 2 N–H and O–H groups in total. The van der Waals surface area contributed by atoms with Gasteiger partial charge in [-0.05, 0) is 50.8 Å². The summed E-state index contributed by atoms with van der Waals surface area (Å²) in [6.45, 7) is 1.99. The predicted octanol–water partition coefficient (Wildman–Crippen LogP) is 4.23. The molecule has 1 atom stereocenters. The molecule has 1 heterocycles. The lowest BCUT2D eigenvalue weighted by Gasteiger charge is -2.30. The van der Waals surface area contributed by atoms with Crippen molar-refractivity contribution in [1.29, 1.82) is 0 Å². The topological polar surface area (TPSA) is 87.2 Å². The first-order valence-corrected chi connectivity index (χ1v) is 12.2. The number of anilines is 2. The lowest BCUT2D eigenvalue weighted by molar-refractivity contribution is -0.119. The molecule has 1 unspecified atom stereocenters. The summed E-state index contributed by atoms with van der Waals surface area (Å²) in [5.74, 6) is 1.20. The first-order chi connectivity index (χ1) is 14.7. The van der Waals surface area contributed by atoms with Crippen LogP contribution in [-0.2, 0) is 15.6 Å². The highest BCUT2D eigenvalue weighted by molar-refractivity contribution is 7.85. The number of nitrogens with one attached hydrogen (secondary N) is 2. The second-order valence-corrected chi connectivity index (χ2v) is 10.2. The minimum atomic E-state index is -1.47. The van der Waals surface area contributed by atoms with E-state index in [0.717, 1.165) is 37.1 Å². The van der Waals surface area contributed by atoms with Gasteiger partial charge in [0.25, 0.3) is 0 Å². The molecule has 1 saturated carbocycles. The summed E-state index contributed by atoms with van der Waals surface area (Å²) in [7, 11) is 2.45. The Hall–Kier alpha value is -1.61. The van der Waals surface area contributed by atoms with E-state index < -0.39 is 10.8 Å². The number of aromatic nitrogens is 2. The minimum absolute atomic E-state index is 0. The van der Waals surface area contributed by atoms with Crippen molar-refractivity contribution in [3.63, 3.8) is 0 Å². The number of amides is 1. The Kier molecular flexibility index (Phi) is 10.0. The molecule has 7 nitrogen and oxygen atoms in total. The van der Waals surface area contributed by atoms with Crippen molar-refractivity contribution in [2.24, 2.45) is 0 Å². The Morgan fingerprint density at radius 1 is 1.16 bits per heavy atom. The van der Waals surface area contributed by atoms with E-state index >= 15 is 0 Å². The number of rotatable bonds is 7. The molecule has 0 saturated heterocycles. The van der Waals surface area contributed by atoms with E-state index in [1.807, 2.05) is 32.1 Å². The number of halogens is 3. The first-order valence-electron chi connectivity index (χ1n) is 10.1. The van der Waals surface area contributed by atoms with E-state index in [2.05, 4.69) is 20.6 Å². The molecule has 2 aromatic rings. The Labute approximate surface area is 207 Å². The van der Waals surface area contributed by atoms with Gasteiger partial charge in [-0.25, -0.2) is 4.98 Å². The monoisotopic (exact) mass is 519 g/mol. The molecule has 1 aromatic heterocycles. The van der Waals surface area contributed by atoms with Crippen LogP contribution >= 0.6 is 35.6 Å². The molecule has 1 amide bonds. The van der Waals surface area contributed by atoms with Crippen LogP contribution in [0.3, 0.4) is 0 Å². The summed E-state index contributed by atoms with van der Waals surface area (Å²) in [5, 5.41) is 7.13. The molecular formula is C21H28Cl3N5O2S. The number of benzene rings is 1. The molecule has 3 rings (SSSR count). The van der Waals surface area contributed by atoms with Crippen molar-refractivity contribution in [2.45, 2.75) is 49.6 Å². The minimum Gasteiger partial charge on any atom is -0.362 e. The third kappa shape index (κ3) is 7.20. The first kappa shape index (κ1) is 26.6. The number of nitrogens with zero attached hydrogens (tertiary/aromatic N) is 3. The molecular weight excluding hydrogens is 493 g/mol. The fourth-order valence-corrected chi connectivity index (χ4v) is 4.93. The molecule has 1 aromatic carbocycles. The maximum absolute atomic E-state index is 12.4. The third-order valence-electron chi connectivity index (χ3n) is 5.21. The molecule has 1 fully saturated rings. The van der Waals surface area contributed by atoms with Crippen molar-refractivity contribution in [3.05, 3.63) is 40.0 Å². The molecule has 1 aliphatic carbocycles. The predicted molar refractivity (Wildman–Crippen MR) is 134 cm³/mol. The average molecular weight is 521 g/mol. The highest BCUT2D eigenvalue weighted by Gasteiger charge is 2.24. The van der Waals surface area contributed by atoms with Crippen LogP contribution < -0.4 is 15.5 Å². The summed E-state index contributed by atoms with van der Waals surface area (Å²) >= 11 is 11.9. The third-order valence-corrected chi connectivity index (χ3v) is 7.25. The van der Waals surface area contributed by atoms with Gasteiger partial charge in [0.15, 0.2) is 0 Å². The van der Waals surface area contributed by atoms with Crippen molar-refractivity contribution in [2.75, 3.05) is 30.1 Å². The quantitative estimate of drug-likeness (QED) is 0.568. The molecule has 176 valence electrons. The Balaban J connectivity index is 0.00000363. The lowest BCUT2D eigenvalue weighted by atomic mass is 9.91. The zero-order chi connectivity index (χ0) is 22.5. The molecule has 11 heteroatoms. The van der Waals surface area contributed by atoms with E-state index in [1.165, 1.54) is 0 Å². The number of hydrogen-bond acceptors (Lipinski definition) is 6. The van der Waals surface area contributed by atoms with Crippen LogP contribution in [0.15, 0.2) is 29.3 Å². The van der Waals surface area contributed by atoms with Crippen LogP contribution in [0.5, 0.6) is 0 Å². The van der Waals surface area contributed by atoms with Crippen molar-refractivity contribution >= 4 is 64.1 Å². The molecule has 0 radical (unpaired) electrons. The van der Waals surface area contributed by atoms with Gasteiger partial charge in [0.2, 0.25) is 11.9 Å². The van der Waals surface area contributed by atoms with Crippen molar-refractivity contribution < 1.29 is 9.00 Å². The van der Waals surface area contributed by atoms with E-state index in [1.54, 1.807) is 18.2 Å². The van der Waals surface area contributed by atoms with E-state index in [0.29, 0.717) is 20.9 Å². The van der Waals surface area contributed by atoms with Gasteiger partial charge in [-0.3, -0.25) is 9.00 Å². The summed E-state index contributed by atoms with van der Waals surface area (Å²) in [6.07, 6.45) is 5.31. The van der Waals surface area contributed by atoms with Crippen molar-refractivity contribution in [3.8, 4) is 0 Å². The molecule has 0 aliphatic heterocycles. The highest BCUT2D eigenvalue weighted by Crippen LogP contribution is 2.25. The number of hydrogen-bond donors (Lipinski definition) is 2. The maximum Gasteiger partial charge on any atom is 0.233 e. The number of aryl methyl sites for hydroxylation is 1. The normalized spacial score (nSPS) is 18.9. The van der Waals surface area contributed by atoms with Gasteiger partial charge in [-0.15, -0.1) is 12.4 Å². The Morgan fingerprint density at radius 3 is 2.44 bits per heavy atom. The van der Waals surface area contributed by atoms with Gasteiger partial charge in [-0.1, -0.05) is 23.2 Å². The van der Waals surface area contributed by atoms with E-state index in [9.17, 15) is 9.00 Å². The van der Waals surface area contributed by atoms with E-state index in [4.69, 9.17) is 23.2 Å². The van der Waals surface area contributed by atoms with Crippen LogP contribution in [0.1, 0.15) is 31.2 Å². The van der Waals surface area contributed by atoms with Gasteiger partial charge in [0, 0.05) is 42.8 Å². The maximum atomic E-state index is 12.4. The standard InChI is InChI=1S/C21H27Cl2N5O2S.ClH/c1-13-11-24-21(27-20(13)28(2)3)26-15-6-4-14(5-7-15)25-19(29)12-31(30)16-8-9-17(22)18(23)10-16;/h8-11,14-15H,4-7,12H2,1-3H3,(H,25,29)(H,24,26,27);1H. The fraction of sp³-hybridized carbons (Fsp3) is 0.476. The van der Waals surface area contributed by atoms with Gasteiger partial charge in [0.05, 0.1) is 20.8 Å². The zero-order valence-corrected chi connectivity index (χ0v) is 21.4. The molecule has 0 spiro atoms. The SMILES string of the molecule is Cc1cnc(NC2CCC(NC(=O)CS(=O)c3ccc(Cl)c(Cl)c3)CC2)nc1N(C)C.Cl. The molecule has 1 aliphatic rings. The largest absolute Gasteiger partial charge is 0.362 e. The Morgan fingerprint density at radius 2 is 1.81 bits per heavy atom. The van der Waals surface area contributed by atoms with Crippen LogP contribution in [0, 0.1) is 6.92 Å². The Bertz CT molecular complexity index is 968. The smallest absolute Gasteiger partial charge is 0.233 e. The van der Waals surface area contributed by atoms with Crippen molar-refractivity contribution in [1.82, 2.24) is 15.3 Å². The number of carbonyl (C=O) groups excluding carboxylic acids is 1. The summed E-state index contributed by atoms with van der Waals surface area (Å²) in [4.78, 5) is 23.8. The second-order valence-electron chi connectivity index (χ2n) is 7.92. The average Bonchev–Trinajstić information content (AvgIpc) is 2.72. The summed E-state index contributed by atoms with van der Waals surface area (Å²) < 4.78 is 12.4. The lowest BCUT2D eigenvalue weighted by Crippen LogP contribution is -2.42. The molecule has 32 heavy (non-hydrogen) atoms. The van der Waals surface area contributed by atoms with E-state index in [-0.39, 0.29) is 36.2 Å². The summed E-state index contributed by atoms with van der Waals surface area (Å²) in [6, 6.07) is 5.09. The van der Waals surface area contributed by atoms with Gasteiger partial charge in [-0.2, -0.15) is 4.98 Å². The number of carbonyl (C=O) groups is 1. The van der Waals surface area contributed by atoms with Crippen LogP contribution in [-0.4, -0.2) is 52.0 Å². The highest BCUT2D eigenvalue weighted by atomic mass is 35.5. The fourth-order valence-electron chi connectivity index (χ4n) is 3.61. The second kappa shape index (κ2) is 12.0.